The van der Waals surface area contributed by atoms with E-state index in [0.29, 0.717) is 12.6 Å². The Labute approximate surface area is 189 Å². The SMILES string of the molecule is C(=N\Nc1nnc2n1N=C(c1ccccc1)CS2)/c1ccc(OCc2ccccc2)cc1. The number of hydrogen-bond acceptors (Lipinski definition) is 7. The van der Waals surface area contributed by atoms with E-state index in [4.69, 9.17) is 9.84 Å². The molecule has 1 aromatic heterocycles. The van der Waals surface area contributed by atoms with Crippen LogP contribution in [0.5, 0.6) is 5.75 Å². The van der Waals surface area contributed by atoms with Crippen molar-refractivity contribution in [2.45, 2.75) is 11.8 Å². The maximum atomic E-state index is 5.82. The topological polar surface area (TPSA) is 76.7 Å². The van der Waals surface area contributed by atoms with Crippen LogP contribution in [0.3, 0.4) is 0 Å². The van der Waals surface area contributed by atoms with Crippen LogP contribution in [0.15, 0.2) is 100 Å². The highest BCUT2D eigenvalue weighted by Gasteiger charge is 2.19. The van der Waals surface area contributed by atoms with Crippen LogP contribution in [0.2, 0.25) is 0 Å². The van der Waals surface area contributed by atoms with E-state index in [1.807, 2.05) is 84.9 Å². The molecule has 0 bridgehead atoms. The molecule has 2 heterocycles. The summed E-state index contributed by atoms with van der Waals surface area (Å²) in [7, 11) is 0. The average molecular weight is 441 g/mol. The van der Waals surface area contributed by atoms with Gasteiger partial charge in [0, 0.05) is 5.75 Å². The summed E-state index contributed by atoms with van der Waals surface area (Å²) < 4.78 is 7.51. The van der Waals surface area contributed by atoms with Crippen molar-refractivity contribution in [1.29, 1.82) is 0 Å². The Hall–Kier alpha value is -3.91. The first-order valence-corrected chi connectivity index (χ1v) is 11.1. The van der Waals surface area contributed by atoms with Crippen molar-refractivity contribution in [3.05, 3.63) is 102 Å². The first-order chi connectivity index (χ1) is 15.8. The van der Waals surface area contributed by atoms with Crippen LogP contribution in [-0.2, 0) is 6.61 Å². The Morgan fingerprint density at radius 2 is 1.69 bits per heavy atom. The summed E-state index contributed by atoms with van der Waals surface area (Å²) in [6.45, 7) is 0.539. The molecule has 5 rings (SSSR count). The monoisotopic (exact) mass is 440 g/mol. The predicted octanol–water partition coefficient (Wildman–Crippen LogP) is 4.66. The van der Waals surface area contributed by atoms with Gasteiger partial charge in [0.05, 0.1) is 11.9 Å². The second kappa shape index (κ2) is 9.49. The minimum Gasteiger partial charge on any atom is -0.489 e. The zero-order valence-electron chi connectivity index (χ0n) is 17.1. The Kier molecular flexibility index (Phi) is 5.93. The Morgan fingerprint density at radius 3 is 2.47 bits per heavy atom. The van der Waals surface area contributed by atoms with E-state index in [-0.39, 0.29) is 0 Å². The van der Waals surface area contributed by atoms with Gasteiger partial charge in [-0.15, -0.1) is 10.2 Å². The molecule has 0 amide bonds. The number of nitrogens with zero attached hydrogens (tertiary/aromatic N) is 5. The molecule has 0 aliphatic carbocycles. The molecule has 4 aromatic rings. The van der Waals surface area contributed by atoms with E-state index in [2.05, 4.69) is 20.7 Å². The van der Waals surface area contributed by atoms with E-state index in [9.17, 15) is 0 Å². The van der Waals surface area contributed by atoms with Crippen LogP contribution in [0.25, 0.3) is 0 Å². The molecule has 7 nitrogen and oxygen atoms in total. The van der Waals surface area contributed by atoms with Crippen molar-refractivity contribution in [1.82, 2.24) is 14.9 Å². The van der Waals surface area contributed by atoms with Gasteiger partial charge in [-0.1, -0.05) is 72.4 Å². The number of rotatable bonds is 7. The molecule has 1 aliphatic rings. The molecular weight excluding hydrogens is 420 g/mol. The lowest BCUT2D eigenvalue weighted by atomic mass is 10.1. The lowest BCUT2D eigenvalue weighted by molar-refractivity contribution is 0.306. The van der Waals surface area contributed by atoms with Gasteiger partial charge in [0.25, 0.3) is 5.95 Å². The molecule has 158 valence electrons. The van der Waals surface area contributed by atoms with Gasteiger partial charge in [0.2, 0.25) is 5.16 Å². The van der Waals surface area contributed by atoms with E-state index in [0.717, 1.165) is 39.1 Å². The van der Waals surface area contributed by atoms with Crippen LogP contribution in [0.4, 0.5) is 5.95 Å². The molecule has 0 radical (unpaired) electrons. The Balaban J connectivity index is 1.22. The second-order valence-corrected chi connectivity index (χ2v) is 7.98. The van der Waals surface area contributed by atoms with E-state index in [1.54, 1.807) is 22.7 Å². The summed E-state index contributed by atoms with van der Waals surface area (Å²) in [5.41, 5.74) is 7.07. The number of hydrogen-bond donors (Lipinski definition) is 1. The lowest BCUT2D eigenvalue weighted by Gasteiger charge is -2.13. The fourth-order valence-corrected chi connectivity index (χ4v) is 3.96. The van der Waals surface area contributed by atoms with Crippen LogP contribution in [0.1, 0.15) is 16.7 Å². The minimum absolute atomic E-state index is 0.472. The van der Waals surface area contributed by atoms with E-state index in [1.165, 1.54) is 0 Å². The number of fused-ring (bicyclic) bond motifs is 1. The fourth-order valence-electron chi connectivity index (χ4n) is 3.12. The van der Waals surface area contributed by atoms with E-state index >= 15 is 0 Å². The Bertz CT molecular complexity index is 1240. The Morgan fingerprint density at radius 1 is 0.938 bits per heavy atom. The number of thioether (sulfide) groups is 1. The van der Waals surface area contributed by atoms with Crippen molar-refractivity contribution < 1.29 is 4.74 Å². The van der Waals surface area contributed by atoms with Crippen LogP contribution in [-0.4, -0.2) is 32.6 Å². The highest BCUT2D eigenvalue weighted by molar-refractivity contribution is 7.99. The largest absolute Gasteiger partial charge is 0.489 e. The smallest absolute Gasteiger partial charge is 0.266 e. The van der Waals surface area contributed by atoms with Gasteiger partial charge in [-0.25, -0.2) is 5.43 Å². The molecule has 0 spiro atoms. The molecular formula is C24H20N6OS. The number of nitrogens with one attached hydrogen (secondary N) is 1. The third-order valence-corrected chi connectivity index (χ3v) is 5.71. The highest BCUT2D eigenvalue weighted by Crippen LogP contribution is 2.25. The normalized spacial score (nSPS) is 12.9. The summed E-state index contributed by atoms with van der Waals surface area (Å²) >= 11 is 1.60. The molecule has 0 saturated heterocycles. The quantitative estimate of drug-likeness (QED) is 0.334. The van der Waals surface area contributed by atoms with Gasteiger partial charge in [0.15, 0.2) is 0 Å². The molecule has 0 atom stereocenters. The number of hydrazone groups is 1. The molecule has 1 N–H and O–H groups in total. The summed E-state index contributed by atoms with van der Waals surface area (Å²) in [4.78, 5) is 0. The summed E-state index contributed by atoms with van der Waals surface area (Å²) in [6.07, 6.45) is 1.72. The van der Waals surface area contributed by atoms with Crippen molar-refractivity contribution in [3.8, 4) is 5.75 Å². The molecule has 32 heavy (non-hydrogen) atoms. The van der Waals surface area contributed by atoms with E-state index < -0.39 is 0 Å². The van der Waals surface area contributed by atoms with Gasteiger partial charge in [-0.05, 0) is 41.0 Å². The molecule has 1 aliphatic heterocycles. The zero-order valence-corrected chi connectivity index (χ0v) is 17.9. The van der Waals surface area contributed by atoms with Gasteiger partial charge < -0.3 is 4.74 Å². The van der Waals surface area contributed by atoms with Crippen molar-refractivity contribution in [2.24, 2.45) is 10.2 Å². The second-order valence-electron chi connectivity index (χ2n) is 7.03. The summed E-state index contributed by atoms with van der Waals surface area (Å²) in [6, 6.07) is 27.9. The van der Waals surface area contributed by atoms with Crippen molar-refractivity contribution >= 4 is 29.6 Å². The van der Waals surface area contributed by atoms with Crippen LogP contribution < -0.4 is 10.2 Å². The molecule has 0 saturated carbocycles. The average Bonchev–Trinajstić information content (AvgIpc) is 3.27. The minimum atomic E-state index is 0.472. The molecule has 3 aromatic carbocycles. The summed E-state index contributed by atoms with van der Waals surface area (Å²) in [5, 5.41) is 18.1. The maximum absolute atomic E-state index is 5.82. The van der Waals surface area contributed by atoms with Crippen LogP contribution in [0, 0.1) is 0 Å². The third-order valence-electron chi connectivity index (χ3n) is 4.78. The number of anilines is 1. The molecule has 0 unspecified atom stereocenters. The van der Waals surface area contributed by atoms with Crippen LogP contribution >= 0.6 is 11.8 Å². The third kappa shape index (κ3) is 4.70. The van der Waals surface area contributed by atoms with Gasteiger partial charge in [0.1, 0.15) is 12.4 Å². The lowest BCUT2D eigenvalue weighted by Crippen LogP contribution is -2.14. The standard InChI is InChI=1S/C24H20N6OS/c1-3-7-19(8-4-1)16-31-21-13-11-18(12-14-21)15-25-26-23-27-28-24-30(23)29-22(17-32-24)20-9-5-2-6-10-20/h1-15H,16-17H2,(H,26,27)/b25-15+. The van der Waals surface area contributed by atoms with Gasteiger partial charge in [-0.3, -0.25) is 0 Å². The maximum Gasteiger partial charge on any atom is 0.266 e. The highest BCUT2D eigenvalue weighted by atomic mass is 32.2. The summed E-state index contributed by atoms with van der Waals surface area (Å²) in [5.74, 6) is 2.04. The number of ether oxygens (including phenoxy) is 1. The van der Waals surface area contributed by atoms with Crippen molar-refractivity contribution in [2.75, 3.05) is 11.2 Å². The first kappa shape index (κ1) is 20.0. The predicted molar refractivity (Wildman–Crippen MR) is 128 cm³/mol. The van der Waals surface area contributed by atoms with Gasteiger partial charge in [-0.2, -0.15) is 14.9 Å². The fraction of sp³-hybridized carbons (Fsp3) is 0.0833. The van der Waals surface area contributed by atoms with Crippen molar-refractivity contribution in [3.63, 3.8) is 0 Å². The number of benzene rings is 3. The first-order valence-electron chi connectivity index (χ1n) is 10.1. The molecule has 0 fully saturated rings. The zero-order chi connectivity index (χ0) is 21.6. The van der Waals surface area contributed by atoms with Gasteiger partial charge >= 0.3 is 0 Å². The number of aromatic nitrogens is 3. The molecule has 8 heteroatoms.